The highest BCUT2D eigenvalue weighted by molar-refractivity contribution is 7.91. The van der Waals surface area contributed by atoms with Gasteiger partial charge in [0.2, 0.25) is 0 Å². The Kier molecular flexibility index (Phi) is 4.32. The smallest absolute Gasteiger partial charge is 0.191 e. The Morgan fingerprint density at radius 1 is 1.25 bits per heavy atom. The monoisotopic (exact) mass is 242 g/mol. The van der Waals surface area contributed by atoms with Crippen molar-refractivity contribution in [3.63, 3.8) is 0 Å². The Bertz CT molecular complexity index is 439. The predicted molar refractivity (Wildman–Crippen MR) is 65.8 cm³/mol. The van der Waals surface area contributed by atoms with Crippen LogP contribution in [0.15, 0.2) is 29.2 Å². The third-order valence-corrected chi connectivity index (χ3v) is 4.14. The molecule has 0 radical (unpaired) electrons. The Hall–Kier alpha value is -1.07. The Morgan fingerprint density at radius 2 is 1.88 bits per heavy atom. The normalized spacial score (nSPS) is 11.9. The van der Waals surface area contributed by atoms with Crippen molar-refractivity contribution in [2.45, 2.75) is 18.7 Å². The molecule has 5 heteroatoms. The van der Waals surface area contributed by atoms with Crippen LogP contribution in [0.5, 0.6) is 0 Å². The van der Waals surface area contributed by atoms with Gasteiger partial charge in [-0.25, -0.2) is 8.42 Å². The molecule has 0 atom stereocenters. The second-order valence-corrected chi connectivity index (χ2v) is 5.58. The molecule has 0 heterocycles. The van der Waals surface area contributed by atoms with E-state index in [1.807, 2.05) is 18.7 Å². The number of hydrogen-bond acceptors (Lipinski definition) is 4. The second-order valence-electron chi connectivity index (χ2n) is 3.62. The van der Waals surface area contributed by atoms with Gasteiger partial charge in [-0.2, -0.15) is 0 Å². The third-order valence-electron chi connectivity index (χ3n) is 2.46. The minimum atomic E-state index is -3.26. The molecule has 0 spiro atoms. The number of nitrogens with two attached hydrogens (primary N) is 1. The Labute approximate surface area is 97.0 Å². The highest BCUT2D eigenvalue weighted by atomic mass is 32.2. The number of nitrogen functional groups attached to an aromatic ring is 1. The van der Waals surface area contributed by atoms with Gasteiger partial charge in [0.15, 0.2) is 9.84 Å². The topological polar surface area (TPSA) is 63.4 Å². The average Bonchev–Trinajstić information content (AvgIpc) is 2.26. The summed E-state index contributed by atoms with van der Waals surface area (Å²) < 4.78 is 24.0. The molecule has 0 bridgehead atoms. The van der Waals surface area contributed by atoms with Crippen LogP contribution in [0, 0.1) is 0 Å². The molecule has 4 nitrogen and oxygen atoms in total. The van der Waals surface area contributed by atoms with E-state index in [2.05, 4.69) is 0 Å². The molecule has 0 saturated carbocycles. The summed E-state index contributed by atoms with van der Waals surface area (Å²) >= 11 is 0. The molecule has 0 fully saturated rings. The van der Waals surface area contributed by atoms with Crippen LogP contribution < -0.4 is 5.73 Å². The van der Waals surface area contributed by atoms with Crippen LogP contribution in [-0.2, 0) is 9.84 Å². The molecule has 1 rings (SSSR count). The quantitative estimate of drug-likeness (QED) is 0.791. The first-order chi connectivity index (χ1) is 7.49. The molecule has 0 aliphatic rings. The van der Waals surface area contributed by atoms with Crippen LogP contribution in [0.1, 0.15) is 13.8 Å². The molecular formula is C11H18N2O2S. The van der Waals surface area contributed by atoms with Gasteiger partial charge in [0.05, 0.1) is 4.90 Å². The average molecular weight is 242 g/mol. The first-order valence-electron chi connectivity index (χ1n) is 5.30. The lowest BCUT2D eigenvalue weighted by Gasteiger charge is -2.17. The molecule has 0 amide bonds. The Morgan fingerprint density at radius 3 is 2.38 bits per heavy atom. The summed E-state index contributed by atoms with van der Waals surface area (Å²) in [4.78, 5) is 2.15. The molecule has 90 valence electrons. The molecule has 2 N–H and O–H groups in total. The molecule has 0 unspecified atom stereocenters. The van der Waals surface area contributed by atoms with Crippen molar-refractivity contribution >= 4 is 15.5 Å². The first-order valence-corrected chi connectivity index (χ1v) is 6.95. The van der Waals surface area contributed by atoms with E-state index in [0.29, 0.717) is 10.6 Å². The van der Waals surface area contributed by atoms with E-state index in [1.54, 1.807) is 18.2 Å². The number of anilines is 1. The van der Waals surface area contributed by atoms with Crippen LogP contribution in [-0.4, -0.2) is 32.3 Å². The lowest BCUT2D eigenvalue weighted by Crippen LogP contribution is -2.29. The predicted octanol–water partition coefficient (Wildman–Crippen LogP) is 1.34. The van der Waals surface area contributed by atoms with Crippen LogP contribution in [0.2, 0.25) is 0 Å². The summed E-state index contributed by atoms with van der Waals surface area (Å²) in [6.45, 7) is 5.33. The van der Waals surface area contributed by atoms with Gasteiger partial charge >= 0.3 is 0 Å². The first kappa shape index (κ1) is 13.0. The number of rotatable bonds is 5. The summed E-state index contributed by atoms with van der Waals surface area (Å²) in [5.74, 6) is 0.0451. The summed E-state index contributed by atoms with van der Waals surface area (Å²) in [5, 5.41) is 0. The van der Waals surface area contributed by atoms with E-state index in [0.717, 1.165) is 13.1 Å². The number of benzene rings is 1. The molecule has 0 aliphatic heterocycles. The van der Waals surface area contributed by atoms with E-state index in [-0.39, 0.29) is 5.88 Å². The molecule has 1 aromatic rings. The van der Waals surface area contributed by atoms with Crippen LogP contribution in [0.25, 0.3) is 0 Å². The van der Waals surface area contributed by atoms with Crippen molar-refractivity contribution in [1.29, 1.82) is 0 Å². The fourth-order valence-electron chi connectivity index (χ4n) is 1.43. The molecule has 16 heavy (non-hydrogen) atoms. The van der Waals surface area contributed by atoms with Gasteiger partial charge in [0.25, 0.3) is 0 Å². The van der Waals surface area contributed by atoms with E-state index >= 15 is 0 Å². The minimum absolute atomic E-state index is 0.0451. The zero-order valence-electron chi connectivity index (χ0n) is 9.68. The fraction of sp³-hybridized carbons (Fsp3) is 0.455. The van der Waals surface area contributed by atoms with Gasteiger partial charge in [-0.1, -0.05) is 19.9 Å². The van der Waals surface area contributed by atoms with E-state index in [9.17, 15) is 8.42 Å². The lowest BCUT2D eigenvalue weighted by atomic mass is 10.3. The van der Waals surface area contributed by atoms with Crippen molar-refractivity contribution in [3.8, 4) is 0 Å². The Balaban J connectivity index is 2.94. The van der Waals surface area contributed by atoms with Gasteiger partial charge in [0, 0.05) is 5.69 Å². The standard InChI is InChI=1S/C11H18N2O2S/c1-3-13(4-2)9-16(14,15)11-7-5-6-10(12)8-11/h5-8H,3-4,9,12H2,1-2H3. The molecule has 0 aromatic heterocycles. The van der Waals surface area contributed by atoms with E-state index < -0.39 is 9.84 Å². The number of nitrogens with zero attached hydrogens (tertiary/aromatic N) is 1. The van der Waals surface area contributed by atoms with Gasteiger partial charge < -0.3 is 5.73 Å². The van der Waals surface area contributed by atoms with Gasteiger partial charge in [-0.3, -0.25) is 4.90 Å². The highest BCUT2D eigenvalue weighted by Crippen LogP contribution is 2.15. The zero-order valence-corrected chi connectivity index (χ0v) is 10.5. The largest absolute Gasteiger partial charge is 0.399 e. The zero-order chi connectivity index (χ0) is 12.2. The maximum atomic E-state index is 12.0. The van der Waals surface area contributed by atoms with Crippen LogP contribution >= 0.6 is 0 Å². The molecule has 0 saturated heterocycles. The minimum Gasteiger partial charge on any atom is -0.399 e. The van der Waals surface area contributed by atoms with Crippen LogP contribution in [0.3, 0.4) is 0 Å². The summed E-state index contributed by atoms with van der Waals surface area (Å²) in [7, 11) is -3.26. The highest BCUT2D eigenvalue weighted by Gasteiger charge is 2.17. The maximum Gasteiger partial charge on any atom is 0.191 e. The van der Waals surface area contributed by atoms with Crippen molar-refractivity contribution < 1.29 is 8.42 Å². The van der Waals surface area contributed by atoms with Gasteiger partial charge in [-0.15, -0.1) is 0 Å². The molecular weight excluding hydrogens is 224 g/mol. The third kappa shape index (κ3) is 3.21. The fourth-order valence-corrected chi connectivity index (χ4v) is 3.03. The SMILES string of the molecule is CCN(CC)CS(=O)(=O)c1cccc(N)c1. The van der Waals surface area contributed by atoms with Crippen molar-refractivity contribution in [2.75, 3.05) is 24.7 Å². The number of sulfone groups is 1. The van der Waals surface area contributed by atoms with Gasteiger partial charge in [0.1, 0.15) is 5.88 Å². The van der Waals surface area contributed by atoms with Gasteiger partial charge in [-0.05, 0) is 31.3 Å². The van der Waals surface area contributed by atoms with E-state index in [4.69, 9.17) is 5.73 Å². The van der Waals surface area contributed by atoms with Crippen molar-refractivity contribution in [3.05, 3.63) is 24.3 Å². The molecule has 1 aromatic carbocycles. The second kappa shape index (κ2) is 5.32. The maximum absolute atomic E-state index is 12.0. The summed E-state index contributed by atoms with van der Waals surface area (Å²) in [5.41, 5.74) is 6.05. The van der Waals surface area contributed by atoms with Crippen molar-refractivity contribution in [1.82, 2.24) is 4.90 Å². The molecule has 0 aliphatic carbocycles. The number of hydrogen-bond donors (Lipinski definition) is 1. The summed E-state index contributed by atoms with van der Waals surface area (Å²) in [6.07, 6.45) is 0. The van der Waals surface area contributed by atoms with E-state index in [1.165, 1.54) is 6.07 Å². The summed E-state index contributed by atoms with van der Waals surface area (Å²) in [6, 6.07) is 6.41. The van der Waals surface area contributed by atoms with Crippen molar-refractivity contribution in [2.24, 2.45) is 0 Å². The lowest BCUT2D eigenvalue weighted by molar-refractivity contribution is 0.348. The van der Waals surface area contributed by atoms with Crippen LogP contribution in [0.4, 0.5) is 5.69 Å².